The average Bonchev–Trinajstić information content (AvgIpc) is 2.99. The quantitative estimate of drug-likeness (QED) is 0.124. The maximum Gasteiger partial charge on any atom is 0.343 e. The van der Waals surface area contributed by atoms with Crippen LogP contribution in [0.5, 0.6) is 17.2 Å². The van der Waals surface area contributed by atoms with Gasteiger partial charge in [0.25, 0.3) is 0 Å². The summed E-state index contributed by atoms with van der Waals surface area (Å²) in [7, 11) is 3.26. The van der Waals surface area contributed by atoms with Gasteiger partial charge in [-0.05, 0) is 80.4 Å². The fraction of sp³-hybridized carbons (Fsp3) is 0.200. The molecule has 7 nitrogen and oxygen atoms in total. The van der Waals surface area contributed by atoms with Crippen LogP contribution >= 0.6 is 0 Å². The Hall–Kier alpha value is -5.04. The largest absolute Gasteiger partial charge is 0.496 e. The Morgan fingerprint density at radius 2 is 1.57 bits per heavy atom. The van der Waals surface area contributed by atoms with E-state index in [-0.39, 0.29) is 11.3 Å². The molecule has 0 fully saturated rings. The second-order valence-electron chi connectivity index (χ2n) is 10.7. The van der Waals surface area contributed by atoms with Gasteiger partial charge in [-0.3, -0.25) is 4.79 Å². The highest BCUT2D eigenvalue weighted by Crippen LogP contribution is 2.40. The van der Waals surface area contributed by atoms with Crippen molar-refractivity contribution in [1.29, 1.82) is 0 Å². The van der Waals surface area contributed by atoms with Crippen LogP contribution in [0.25, 0.3) is 16.7 Å². The number of carbonyl (C=O) groups is 2. The highest BCUT2D eigenvalue weighted by atomic mass is 16.5. The summed E-state index contributed by atoms with van der Waals surface area (Å²) >= 11 is 0. The van der Waals surface area contributed by atoms with Crippen molar-refractivity contribution >= 4 is 28.7 Å². The van der Waals surface area contributed by atoms with Crippen LogP contribution in [0.15, 0.2) is 91.0 Å². The molecule has 0 radical (unpaired) electrons. The van der Waals surface area contributed by atoms with Gasteiger partial charge in [0.15, 0.2) is 5.78 Å². The van der Waals surface area contributed by atoms with Crippen molar-refractivity contribution in [3.05, 3.63) is 108 Å². The topological polar surface area (TPSA) is 85.9 Å². The van der Waals surface area contributed by atoms with Crippen molar-refractivity contribution < 1.29 is 23.8 Å². The number of fused-ring (bicyclic) bond motifs is 1. The third-order valence-corrected chi connectivity index (χ3v) is 7.13. The molecule has 1 aliphatic rings. The lowest BCUT2D eigenvalue weighted by Gasteiger charge is -2.33. The maximum atomic E-state index is 12.8. The van der Waals surface area contributed by atoms with E-state index >= 15 is 0 Å². The summed E-state index contributed by atoms with van der Waals surface area (Å²) in [5.41, 5.74) is 6.56. The van der Waals surface area contributed by atoms with Gasteiger partial charge in [0, 0.05) is 35.0 Å². The summed E-state index contributed by atoms with van der Waals surface area (Å²) in [4.78, 5) is 24.5. The van der Waals surface area contributed by atoms with Crippen molar-refractivity contribution in [2.24, 2.45) is 0 Å². The third-order valence-electron chi connectivity index (χ3n) is 7.13. The van der Waals surface area contributed by atoms with Gasteiger partial charge in [0.1, 0.15) is 17.2 Å². The Morgan fingerprint density at radius 3 is 2.33 bits per heavy atom. The Kier molecular flexibility index (Phi) is 8.02. The van der Waals surface area contributed by atoms with E-state index in [2.05, 4.69) is 48.8 Å². The minimum absolute atomic E-state index is 0.118. The van der Waals surface area contributed by atoms with Crippen LogP contribution in [0.4, 0.5) is 11.4 Å². The predicted molar refractivity (Wildman–Crippen MR) is 167 cm³/mol. The molecule has 0 unspecified atom stereocenters. The number of methoxy groups -OCH3 is 2. The summed E-state index contributed by atoms with van der Waals surface area (Å²) in [5, 5.41) is 7.14. The fourth-order valence-electron chi connectivity index (χ4n) is 5.11. The molecule has 0 spiro atoms. The van der Waals surface area contributed by atoms with Crippen molar-refractivity contribution in [2.45, 2.75) is 26.3 Å². The minimum atomic E-state index is -0.548. The predicted octanol–water partition coefficient (Wildman–Crippen LogP) is 7.49. The van der Waals surface area contributed by atoms with Gasteiger partial charge in [-0.15, -0.1) is 0 Å². The van der Waals surface area contributed by atoms with Gasteiger partial charge in [0.2, 0.25) is 0 Å². The number of hydrogen-bond acceptors (Lipinski definition) is 7. The summed E-state index contributed by atoms with van der Waals surface area (Å²) in [6.45, 7) is 6.36. The van der Waals surface area contributed by atoms with Crippen LogP contribution in [0, 0.1) is 0 Å². The molecule has 0 aliphatic carbocycles. The lowest BCUT2D eigenvalue weighted by Crippen LogP contribution is -2.32. The number of rotatable bonds is 9. The lowest BCUT2D eigenvalue weighted by molar-refractivity contribution is 0.0734. The van der Waals surface area contributed by atoms with Gasteiger partial charge in [0.05, 0.1) is 31.0 Å². The van der Waals surface area contributed by atoms with E-state index in [0.29, 0.717) is 29.2 Å². The summed E-state index contributed by atoms with van der Waals surface area (Å²) in [5.74, 6) is 1.04. The van der Waals surface area contributed by atoms with E-state index in [1.807, 2.05) is 30.3 Å². The first kappa shape index (κ1) is 28.5. The summed E-state index contributed by atoms with van der Waals surface area (Å²) in [6, 6.07) is 25.9. The Balaban J connectivity index is 1.42. The number of benzene rings is 4. The van der Waals surface area contributed by atoms with E-state index < -0.39 is 5.97 Å². The minimum Gasteiger partial charge on any atom is -0.496 e. The maximum absolute atomic E-state index is 12.8. The number of nitrogens with one attached hydrogen (secondary N) is 2. The van der Waals surface area contributed by atoms with E-state index in [9.17, 15) is 9.59 Å². The van der Waals surface area contributed by atoms with Gasteiger partial charge in [-0.25, -0.2) is 4.79 Å². The smallest absolute Gasteiger partial charge is 0.343 e. The Bertz CT molecular complexity index is 1690. The molecule has 214 valence electrons. The molecule has 0 saturated heterocycles. The average molecular weight is 563 g/mol. The first-order chi connectivity index (χ1) is 20.2. The standard InChI is InChI=1S/C35H34N2O5/c1-22(38)23-9-8-10-25(17-23)34(39)42-27-14-15-28(33(19-27)41-5)24-13-16-30-29(18-24)26(20-35(2,3)37-30)21-36-31-11-6-7-12-32(31)40-4/h6-20,36-37H,21H2,1-5H3. The van der Waals surface area contributed by atoms with E-state index in [0.717, 1.165) is 39.4 Å². The first-order valence-corrected chi connectivity index (χ1v) is 13.7. The van der Waals surface area contributed by atoms with Gasteiger partial charge in [-0.2, -0.15) is 0 Å². The molecular formula is C35H34N2O5. The summed E-state index contributed by atoms with van der Waals surface area (Å²) < 4.78 is 16.9. The first-order valence-electron chi connectivity index (χ1n) is 13.7. The van der Waals surface area contributed by atoms with Crippen molar-refractivity contribution in [1.82, 2.24) is 0 Å². The molecule has 0 atom stereocenters. The van der Waals surface area contributed by atoms with Crippen LogP contribution in [0.3, 0.4) is 0 Å². The Labute approximate surface area is 246 Å². The highest BCUT2D eigenvalue weighted by molar-refractivity contribution is 5.98. The molecule has 1 aliphatic heterocycles. The molecule has 0 amide bonds. The molecule has 1 heterocycles. The zero-order chi connectivity index (χ0) is 29.9. The van der Waals surface area contributed by atoms with Crippen molar-refractivity contribution in [3.63, 3.8) is 0 Å². The third kappa shape index (κ3) is 6.15. The van der Waals surface area contributed by atoms with Crippen LogP contribution in [-0.4, -0.2) is 38.1 Å². The second kappa shape index (κ2) is 11.8. The normalized spacial score (nSPS) is 13.2. The van der Waals surface area contributed by atoms with Crippen molar-refractivity contribution in [3.8, 4) is 28.4 Å². The van der Waals surface area contributed by atoms with E-state index in [4.69, 9.17) is 14.2 Å². The molecule has 4 aromatic rings. The van der Waals surface area contributed by atoms with Crippen LogP contribution < -0.4 is 24.8 Å². The zero-order valence-corrected chi connectivity index (χ0v) is 24.4. The lowest BCUT2D eigenvalue weighted by atomic mass is 9.88. The number of ether oxygens (including phenoxy) is 3. The van der Waals surface area contributed by atoms with Gasteiger partial charge < -0.3 is 24.8 Å². The highest BCUT2D eigenvalue weighted by Gasteiger charge is 2.25. The van der Waals surface area contributed by atoms with Gasteiger partial charge in [-0.1, -0.05) is 36.4 Å². The molecule has 42 heavy (non-hydrogen) atoms. The van der Waals surface area contributed by atoms with Crippen molar-refractivity contribution in [2.75, 3.05) is 31.4 Å². The second-order valence-corrected chi connectivity index (χ2v) is 10.7. The molecule has 0 bridgehead atoms. The molecule has 2 N–H and O–H groups in total. The van der Waals surface area contributed by atoms with Gasteiger partial charge >= 0.3 is 5.97 Å². The molecule has 4 aromatic carbocycles. The van der Waals surface area contributed by atoms with E-state index in [1.54, 1.807) is 44.6 Å². The summed E-state index contributed by atoms with van der Waals surface area (Å²) in [6.07, 6.45) is 2.24. The number of ketones is 1. The van der Waals surface area contributed by atoms with Crippen LogP contribution in [0.2, 0.25) is 0 Å². The zero-order valence-electron chi connectivity index (χ0n) is 24.4. The van der Waals surface area contributed by atoms with Crippen LogP contribution in [0.1, 0.15) is 47.1 Å². The number of anilines is 2. The number of esters is 1. The fourth-order valence-corrected chi connectivity index (χ4v) is 5.11. The van der Waals surface area contributed by atoms with E-state index in [1.165, 1.54) is 13.0 Å². The monoisotopic (exact) mass is 562 g/mol. The number of Topliss-reactive ketones (excluding diaryl/α,β-unsaturated/α-hetero) is 1. The SMILES string of the molecule is COc1ccccc1NCC1=CC(C)(C)Nc2ccc(-c3ccc(OC(=O)c4cccc(C(C)=O)c4)cc3OC)cc21. The molecular weight excluding hydrogens is 528 g/mol. The van der Waals surface area contributed by atoms with Crippen LogP contribution in [-0.2, 0) is 0 Å². The molecule has 5 rings (SSSR count). The number of hydrogen-bond donors (Lipinski definition) is 2. The number of para-hydroxylation sites is 2. The molecule has 0 saturated carbocycles. The Morgan fingerprint density at radius 1 is 0.810 bits per heavy atom. The number of carbonyl (C=O) groups excluding carboxylic acids is 2. The molecule has 7 heteroatoms. The molecule has 0 aromatic heterocycles.